The third kappa shape index (κ3) is 4.46. The van der Waals surface area contributed by atoms with Crippen LogP contribution < -0.4 is 10.6 Å². The molecule has 9 heteroatoms. The number of anilines is 1. The number of hydrogen-bond acceptors (Lipinski definition) is 5. The number of aromatic nitrogens is 1. The van der Waals surface area contributed by atoms with Gasteiger partial charge in [0.1, 0.15) is 0 Å². The molecule has 0 bridgehead atoms. The van der Waals surface area contributed by atoms with Gasteiger partial charge in [-0.3, -0.25) is 5.32 Å². The van der Waals surface area contributed by atoms with Gasteiger partial charge in [-0.2, -0.15) is 4.31 Å². The Hall–Kier alpha value is -1.97. The maximum absolute atomic E-state index is 13.0. The van der Waals surface area contributed by atoms with Crippen LogP contribution in [0.15, 0.2) is 29.2 Å². The van der Waals surface area contributed by atoms with Crippen LogP contribution >= 0.6 is 11.3 Å². The van der Waals surface area contributed by atoms with Crippen molar-refractivity contribution in [1.82, 2.24) is 14.6 Å². The summed E-state index contributed by atoms with van der Waals surface area (Å²) in [6.45, 7) is 2.72. The van der Waals surface area contributed by atoms with Gasteiger partial charge in [0, 0.05) is 23.9 Å². The molecular formula is C20H26N4O3S2. The first kappa shape index (κ1) is 20.3. The minimum atomic E-state index is -3.55. The molecule has 7 nitrogen and oxygen atoms in total. The van der Waals surface area contributed by atoms with Crippen molar-refractivity contribution in [3.8, 4) is 0 Å². The van der Waals surface area contributed by atoms with Crippen LogP contribution in [0.5, 0.6) is 0 Å². The van der Waals surface area contributed by atoms with Crippen LogP contribution in [0.25, 0.3) is 0 Å². The van der Waals surface area contributed by atoms with Crippen LogP contribution in [-0.2, 0) is 29.4 Å². The number of carbonyl (C=O) groups is 1. The second-order valence-corrected chi connectivity index (χ2v) is 10.6. The highest BCUT2D eigenvalue weighted by Crippen LogP contribution is 2.31. The largest absolute Gasteiger partial charge is 0.335 e. The van der Waals surface area contributed by atoms with Gasteiger partial charge in [-0.25, -0.2) is 18.2 Å². The summed E-state index contributed by atoms with van der Waals surface area (Å²) >= 11 is 1.35. The van der Waals surface area contributed by atoms with Gasteiger partial charge in [-0.05, 0) is 37.0 Å². The summed E-state index contributed by atoms with van der Waals surface area (Å²) in [5.41, 5.74) is 1.98. The summed E-state index contributed by atoms with van der Waals surface area (Å²) in [6.07, 6.45) is 5.77. The second-order valence-electron chi connectivity index (χ2n) is 7.55. The normalized spacial score (nSPS) is 17.8. The molecule has 156 valence electrons. The maximum Gasteiger partial charge on any atom is 0.321 e. The van der Waals surface area contributed by atoms with Gasteiger partial charge >= 0.3 is 6.03 Å². The van der Waals surface area contributed by atoms with Crippen molar-refractivity contribution >= 4 is 32.5 Å². The predicted molar refractivity (Wildman–Crippen MR) is 114 cm³/mol. The molecule has 1 fully saturated rings. The van der Waals surface area contributed by atoms with E-state index >= 15 is 0 Å². The highest BCUT2D eigenvalue weighted by molar-refractivity contribution is 7.89. The van der Waals surface area contributed by atoms with Crippen molar-refractivity contribution in [2.24, 2.45) is 0 Å². The number of nitrogens with zero attached hydrogens (tertiary/aromatic N) is 2. The van der Waals surface area contributed by atoms with Crippen LogP contribution in [0, 0.1) is 0 Å². The first-order valence-corrected chi connectivity index (χ1v) is 12.4. The quantitative estimate of drug-likeness (QED) is 0.753. The van der Waals surface area contributed by atoms with Crippen LogP contribution in [-0.4, -0.2) is 36.3 Å². The Morgan fingerprint density at radius 2 is 1.97 bits per heavy atom. The zero-order valence-corrected chi connectivity index (χ0v) is 18.1. The Labute approximate surface area is 175 Å². The summed E-state index contributed by atoms with van der Waals surface area (Å²) in [5.74, 6) is 0. The third-order valence-corrected chi connectivity index (χ3v) is 8.43. The van der Waals surface area contributed by atoms with Crippen molar-refractivity contribution in [2.45, 2.75) is 62.9 Å². The topological polar surface area (TPSA) is 91.4 Å². The molecule has 0 unspecified atom stereocenters. The molecule has 1 aromatic carbocycles. The van der Waals surface area contributed by atoms with Gasteiger partial charge in [-0.1, -0.05) is 43.2 Å². The minimum Gasteiger partial charge on any atom is -0.335 e. The van der Waals surface area contributed by atoms with Gasteiger partial charge in [0.15, 0.2) is 5.13 Å². The minimum absolute atomic E-state index is 0.233. The van der Waals surface area contributed by atoms with Crippen molar-refractivity contribution in [1.29, 1.82) is 0 Å². The van der Waals surface area contributed by atoms with E-state index in [1.807, 2.05) is 19.1 Å². The maximum atomic E-state index is 13.0. The van der Waals surface area contributed by atoms with Crippen molar-refractivity contribution in [3.05, 3.63) is 40.4 Å². The summed E-state index contributed by atoms with van der Waals surface area (Å²) in [5, 5.41) is 6.32. The number of thiazole rings is 1. The molecule has 2 heterocycles. The fourth-order valence-corrected chi connectivity index (χ4v) is 6.38. The summed E-state index contributed by atoms with van der Waals surface area (Å²) < 4.78 is 27.5. The summed E-state index contributed by atoms with van der Waals surface area (Å²) in [4.78, 5) is 17.9. The predicted octanol–water partition coefficient (Wildman–Crippen LogP) is 3.52. The van der Waals surface area contributed by atoms with E-state index in [0.717, 1.165) is 48.2 Å². The molecule has 29 heavy (non-hydrogen) atoms. The number of nitrogens with one attached hydrogen (secondary N) is 2. The molecule has 2 amide bonds. The number of sulfonamides is 1. The lowest BCUT2D eigenvalue weighted by molar-refractivity contribution is 0.248. The average molecular weight is 435 g/mol. The van der Waals surface area contributed by atoms with E-state index in [1.165, 1.54) is 15.6 Å². The molecule has 1 aliphatic carbocycles. The molecule has 0 spiro atoms. The fraction of sp³-hybridized carbons (Fsp3) is 0.500. The van der Waals surface area contributed by atoms with Crippen LogP contribution in [0.4, 0.5) is 9.93 Å². The first-order valence-electron chi connectivity index (χ1n) is 10.1. The first-order chi connectivity index (χ1) is 14.0. The van der Waals surface area contributed by atoms with Crippen LogP contribution in [0.2, 0.25) is 0 Å². The smallest absolute Gasteiger partial charge is 0.321 e. The third-order valence-electron chi connectivity index (χ3n) is 5.58. The lowest BCUT2D eigenvalue weighted by Gasteiger charge is -2.25. The van der Waals surface area contributed by atoms with Crippen molar-refractivity contribution < 1.29 is 13.2 Å². The Morgan fingerprint density at radius 3 is 2.66 bits per heavy atom. The average Bonchev–Trinajstić information content (AvgIpc) is 3.36. The number of carbonyl (C=O) groups excluding carboxylic acids is 1. The van der Waals surface area contributed by atoms with Crippen molar-refractivity contribution in [2.75, 3.05) is 11.9 Å². The molecule has 1 aromatic heterocycles. The molecular weight excluding hydrogens is 408 g/mol. The van der Waals surface area contributed by atoms with Gasteiger partial charge < -0.3 is 5.32 Å². The molecule has 1 saturated carbocycles. The molecule has 0 radical (unpaired) electrons. The van der Waals surface area contributed by atoms with Gasteiger partial charge in [0.25, 0.3) is 0 Å². The lowest BCUT2D eigenvalue weighted by atomic mass is 10.2. The highest BCUT2D eigenvalue weighted by atomic mass is 32.2. The summed E-state index contributed by atoms with van der Waals surface area (Å²) in [6, 6.07) is 7.08. The summed E-state index contributed by atoms with van der Waals surface area (Å²) in [7, 11) is -3.55. The van der Waals surface area contributed by atoms with E-state index < -0.39 is 10.0 Å². The van der Waals surface area contributed by atoms with Crippen molar-refractivity contribution in [3.63, 3.8) is 0 Å². The number of hydrogen-bond donors (Lipinski definition) is 2. The Balaban J connectivity index is 1.43. The fourth-order valence-electron chi connectivity index (χ4n) is 3.87. The zero-order valence-electron chi connectivity index (χ0n) is 16.5. The van der Waals surface area contributed by atoms with E-state index in [-0.39, 0.29) is 18.6 Å². The Morgan fingerprint density at radius 1 is 1.24 bits per heavy atom. The SMILES string of the molecule is CCc1ccc(S(=O)(=O)N2CCc3nc(NC(=O)NC4CCCC4)sc3C2)cc1. The highest BCUT2D eigenvalue weighted by Gasteiger charge is 2.30. The molecule has 2 aromatic rings. The van der Waals surface area contributed by atoms with E-state index in [0.29, 0.717) is 23.0 Å². The van der Waals surface area contributed by atoms with E-state index in [9.17, 15) is 13.2 Å². The van der Waals surface area contributed by atoms with Gasteiger partial charge in [0.05, 0.1) is 17.1 Å². The zero-order chi connectivity index (χ0) is 20.4. The molecule has 1 aliphatic heterocycles. The van der Waals surface area contributed by atoms with Gasteiger partial charge in [0.2, 0.25) is 10.0 Å². The number of fused-ring (bicyclic) bond motifs is 1. The number of aryl methyl sites for hydroxylation is 1. The second kappa shape index (κ2) is 8.41. The molecule has 2 aliphatic rings. The van der Waals surface area contributed by atoms with Gasteiger partial charge in [-0.15, -0.1) is 0 Å². The molecule has 0 atom stereocenters. The van der Waals surface area contributed by atoms with E-state index in [1.54, 1.807) is 12.1 Å². The number of amides is 2. The Bertz CT molecular complexity index is 980. The standard InChI is InChI=1S/C20H26N4O3S2/c1-2-14-7-9-16(10-8-14)29(26,27)24-12-11-17-18(13-24)28-20(22-17)23-19(25)21-15-5-3-4-6-15/h7-10,15H,2-6,11-13H2,1H3,(H2,21,22,23,25). The number of urea groups is 1. The van der Waals surface area contributed by atoms with E-state index in [2.05, 4.69) is 15.6 Å². The monoisotopic (exact) mass is 434 g/mol. The molecule has 2 N–H and O–H groups in total. The Kier molecular flexibility index (Phi) is 5.89. The van der Waals surface area contributed by atoms with Crippen LogP contribution in [0.3, 0.4) is 0 Å². The number of rotatable bonds is 5. The van der Waals surface area contributed by atoms with E-state index in [4.69, 9.17) is 0 Å². The molecule has 0 saturated heterocycles. The lowest BCUT2D eigenvalue weighted by Crippen LogP contribution is -2.36. The molecule has 4 rings (SSSR count). The number of benzene rings is 1. The van der Waals surface area contributed by atoms with Crippen LogP contribution in [0.1, 0.15) is 48.7 Å².